The molecule has 0 bridgehead atoms. The van der Waals surface area contributed by atoms with Gasteiger partial charge in [-0.3, -0.25) is 0 Å². The molecule has 0 aromatic rings. The predicted molar refractivity (Wildman–Crippen MR) is 40.5 cm³/mol. The molecule has 1 heterocycles. The molecule has 2 unspecified atom stereocenters. The van der Waals surface area contributed by atoms with Crippen molar-refractivity contribution in [2.45, 2.75) is 19.1 Å². The van der Waals surface area contributed by atoms with Crippen LogP contribution in [0.2, 0.25) is 0 Å². The number of ether oxygens (including phenoxy) is 2. The van der Waals surface area contributed by atoms with Gasteiger partial charge in [0.2, 0.25) is 0 Å². The van der Waals surface area contributed by atoms with Crippen LogP contribution in [0.4, 0.5) is 0 Å². The van der Waals surface area contributed by atoms with Crippen molar-refractivity contribution < 1.29 is 19.1 Å². The summed E-state index contributed by atoms with van der Waals surface area (Å²) >= 11 is 0. The molecule has 0 aliphatic carbocycles. The van der Waals surface area contributed by atoms with Gasteiger partial charge in [-0.05, 0) is 13.0 Å². The molecule has 1 aliphatic rings. The molecule has 12 heavy (non-hydrogen) atoms. The molecule has 0 aromatic carbocycles. The third kappa shape index (κ3) is 2.47. The Morgan fingerprint density at radius 3 is 2.83 bits per heavy atom. The third-order valence-corrected chi connectivity index (χ3v) is 1.40. The van der Waals surface area contributed by atoms with Crippen LogP contribution in [0.15, 0.2) is 12.2 Å². The fourth-order valence-corrected chi connectivity index (χ4v) is 0.764. The molecule has 0 N–H and O–H groups in total. The molecule has 1 saturated heterocycles. The number of carbonyl (C=O) groups is 2. The molecule has 1 rings (SSSR count). The minimum absolute atomic E-state index is 0.230. The summed E-state index contributed by atoms with van der Waals surface area (Å²) in [6, 6.07) is 0. The molecule has 0 amide bonds. The summed E-state index contributed by atoms with van der Waals surface area (Å²) in [7, 11) is 0. The van der Waals surface area contributed by atoms with Gasteiger partial charge in [0.15, 0.2) is 6.29 Å². The van der Waals surface area contributed by atoms with Crippen molar-refractivity contribution >= 4 is 12.3 Å². The van der Waals surface area contributed by atoms with E-state index in [1.54, 1.807) is 6.92 Å². The Balaban J connectivity index is 2.22. The summed E-state index contributed by atoms with van der Waals surface area (Å²) in [6.45, 7) is 2.08. The molecule has 0 radical (unpaired) electrons. The Bertz CT molecular complexity index is 209. The zero-order valence-electron chi connectivity index (χ0n) is 6.73. The molecule has 0 spiro atoms. The highest BCUT2D eigenvalue weighted by molar-refractivity contribution is 5.82. The highest BCUT2D eigenvalue weighted by atomic mass is 16.6. The minimum Gasteiger partial charge on any atom is -0.463 e. The van der Waals surface area contributed by atoms with E-state index in [0.717, 1.165) is 0 Å². The molecule has 4 heteroatoms. The Kier molecular flexibility index (Phi) is 2.99. The minimum atomic E-state index is -0.405. The maximum Gasteiger partial charge on any atom is 0.330 e. The number of rotatable bonds is 4. The van der Waals surface area contributed by atoms with Crippen LogP contribution in [0.1, 0.15) is 6.92 Å². The van der Waals surface area contributed by atoms with Gasteiger partial charge in [-0.2, -0.15) is 0 Å². The van der Waals surface area contributed by atoms with Gasteiger partial charge in [-0.15, -0.1) is 0 Å². The largest absolute Gasteiger partial charge is 0.463 e. The first-order valence-electron chi connectivity index (χ1n) is 3.73. The zero-order chi connectivity index (χ0) is 8.97. The quantitative estimate of drug-likeness (QED) is 0.259. The van der Waals surface area contributed by atoms with Crippen LogP contribution in [0.5, 0.6) is 0 Å². The second-order valence-electron chi connectivity index (χ2n) is 2.31. The summed E-state index contributed by atoms with van der Waals surface area (Å²) in [5.41, 5.74) is 0. The van der Waals surface area contributed by atoms with Crippen molar-refractivity contribution in [2.24, 2.45) is 0 Å². The van der Waals surface area contributed by atoms with E-state index in [1.165, 1.54) is 12.2 Å². The number of aldehydes is 1. The maximum absolute atomic E-state index is 10.7. The van der Waals surface area contributed by atoms with Crippen LogP contribution in [-0.2, 0) is 19.1 Å². The van der Waals surface area contributed by atoms with Crippen LogP contribution < -0.4 is 0 Å². The SMILES string of the molecule is CCOC(=O)C=CC1OC1C=O. The lowest BCUT2D eigenvalue weighted by Gasteiger charge is -1.92. The van der Waals surface area contributed by atoms with E-state index in [-0.39, 0.29) is 12.2 Å². The van der Waals surface area contributed by atoms with Crippen LogP contribution >= 0.6 is 0 Å². The summed E-state index contributed by atoms with van der Waals surface area (Å²) in [4.78, 5) is 20.8. The van der Waals surface area contributed by atoms with E-state index >= 15 is 0 Å². The lowest BCUT2D eigenvalue weighted by Crippen LogP contribution is -2.00. The van der Waals surface area contributed by atoms with Crippen LogP contribution in [0.25, 0.3) is 0 Å². The molecular formula is C8H10O4. The highest BCUT2D eigenvalue weighted by Gasteiger charge is 2.36. The molecule has 66 valence electrons. The molecular weight excluding hydrogens is 160 g/mol. The van der Waals surface area contributed by atoms with E-state index in [9.17, 15) is 9.59 Å². The summed E-state index contributed by atoms with van der Waals surface area (Å²) in [5, 5.41) is 0. The van der Waals surface area contributed by atoms with E-state index in [1.807, 2.05) is 0 Å². The van der Waals surface area contributed by atoms with Crippen molar-refractivity contribution in [1.29, 1.82) is 0 Å². The number of hydrogen-bond acceptors (Lipinski definition) is 4. The monoisotopic (exact) mass is 170 g/mol. The van der Waals surface area contributed by atoms with Gasteiger partial charge in [-0.1, -0.05) is 0 Å². The Labute approximate surface area is 70.1 Å². The van der Waals surface area contributed by atoms with E-state index in [2.05, 4.69) is 4.74 Å². The predicted octanol–water partition coefficient (Wildman–Crippen LogP) is 0.0720. The second kappa shape index (κ2) is 4.01. The highest BCUT2D eigenvalue weighted by Crippen LogP contribution is 2.20. The first-order valence-corrected chi connectivity index (χ1v) is 3.73. The molecule has 2 atom stereocenters. The Hall–Kier alpha value is -1.16. The van der Waals surface area contributed by atoms with Crippen LogP contribution in [0.3, 0.4) is 0 Å². The van der Waals surface area contributed by atoms with Crippen molar-refractivity contribution in [1.82, 2.24) is 0 Å². The average Bonchev–Trinajstić information content (AvgIpc) is 2.80. The second-order valence-corrected chi connectivity index (χ2v) is 2.31. The number of carbonyl (C=O) groups excluding carboxylic acids is 2. The fourth-order valence-electron chi connectivity index (χ4n) is 0.764. The smallest absolute Gasteiger partial charge is 0.330 e. The summed E-state index contributed by atoms with van der Waals surface area (Å²) in [5.74, 6) is -0.405. The molecule has 0 aromatic heterocycles. The van der Waals surface area contributed by atoms with Gasteiger partial charge in [0.1, 0.15) is 12.2 Å². The average molecular weight is 170 g/mol. The van der Waals surface area contributed by atoms with E-state index in [0.29, 0.717) is 12.9 Å². The number of hydrogen-bond donors (Lipinski definition) is 0. The summed E-state index contributed by atoms with van der Waals surface area (Å²) < 4.78 is 9.45. The van der Waals surface area contributed by atoms with Crippen molar-refractivity contribution in [3.63, 3.8) is 0 Å². The van der Waals surface area contributed by atoms with Gasteiger partial charge in [-0.25, -0.2) is 4.79 Å². The van der Waals surface area contributed by atoms with Crippen molar-refractivity contribution in [2.75, 3.05) is 6.61 Å². The van der Waals surface area contributed by atoms with E-state index in [4.69, 9.17) is 4.74 Å². The van der Waals surface area contributed by atoms with Gasteiger partial charge >= 0.3 is 5.97 Å². The van der Waals surface area contributed by atoms with Gasteiger partial charge in [0.25, 0.3) is 0 Å². The van der Waals surface area contributed by atoms with Crippen molar-refractivity contribution in [3.05, 3.63) is 12.2 Å². The molecule has 4 nitrogen and oxygen atoms in total. The maximum atomic E-state index is 10.7. The third-order valence-electron chi connectivity index (χ3n) is 1.40. The summed E-state index contributed by atoms with van der Waals surface area (Å²) in [6.07, 6.45) is 2.91. The zero-order valence-corrected chi connectivity index (χ0v) is 6.73. The number of epoxide rings is 1. The lowest BCUT2D eigenvalue weighted by atomic mass is 10.3. The lowest BCUT2D eigenvalue weighted by molar-refractivity contribution is -0.137. The van der Waals surface area contributed by atoms with Crippen LogP contribution in [-0.4, -0.2) is 31.1 Å². The molecule has 1 aliphatic heterocycles. The van der Waals surface area contributed by atoms with E-state index < -0.39 is 5.97 Å². The topological polar surface area (TPSA) is 55.9 Å². The van der Waals surface area contributed by atoms with Crippen LogP contribution in [0, 0.1) is 0 Å². The fraction of sp³-hybridized carbons (Fsp3) is 0.500. The molecule has 0 saturated carbocycles. The molecule has 1 fully saturated rings. The van der Waals surface area contributed by atoms with Gasteiger partial charge in [0, 0.05) is 6.08 Å². The van der Waals surface area contributed by atoms with Crippen molar-refractivity contribution in [3.8, 4) is 0 Å². The first kappa shape index (κ1) is 8.93. The number of esters is 1. The normalized spacial score (nSPS) is 27.1. The van der Waals surface area contributed by atoms with Gasteiger partial charge in [0.05, 0.1) is 6.61 Å². The first-order chi connectivity index (χ1) is 5.77. The van der Waals surface area contributed by atoms with Gasteiger partial charge < -0.3 is 14.3 Å². The Morgan fingerprint density at radius 2 is 2.33 bits per heavy atom. The standard InChI is InChI=1S/C8H10O4/c1-2-11-8(10)4-3-6-7(5-9)12-6/h3-7H,2H2,1H3. The Morgan fingerprint density at radius 1 is 1.58 bits per heavy atom.